The first-order chi connectivity index (χ1) is 9.36. The van der Waals surface area contributed by atoms with Gasteiger partial charge in [-0.25, -0.2) is 4.98 Å². The summed E-state index contributed by atoms with van der Waals surface area (Å²) in [5.74, 6) is 0.825. The van der Waals surface area contributed by atoms with Gasteiger partial charge < -0.3 is 9.88 Å². The Morgan fingerprint density at radius 2 is 2.32 bits per heavy atom. The molecule has 1 aromatic rings. The highest BCUT2D eigenvalue weighted by atomic mass is 15.2. The zero-order chi connectivity index (χ0) is 13.1. The van der Waals surface area contributed by atoms with Crippen LogP contribution in [0.25, 0.3) is 0 Å². The molecule has 1 aliphatic heterocycles. The summed E-state index contributed by atoms with van der Waals surface area (Å²) in [4.78, 5) is 6.92. The van der Waals surface area contributed by atoms with Crippen LogP contribution in [0.4, 0.5) is 0 Å². The van der Waals surface area contributed by atoms with Crippen molar-refractivity contribution in [3.8, 4) is 0 Å². The molecular weight excluding hydrogens is 236 g/mol. The van der Waals surface area contributed by atoms with Gasteiger partial charge in [0.2, 0.25) is 0 Å². The number of hydrogen-bond acceptors (Lipinski definition) is 3. The van der Waals surface area contributed by atoms with Crippen LogP contribution in [-0.4, -0.2) is 40.6 Å². The summed E-state index contributed by atoms with van der Waals surface area (Å²) < 4.78 is 2.39. The van der Waals surface area contributed by atoms with Crippen molar-refractivity contribution >= 4 is 0 Å². The van der Waals surface area contributed by atoms with Gasteiger partial charge in [0, 0.05) is 25.3 Å². The van der Waals surface area contributed by atoms with Crippen LogP contribution in [0.15, 0.2) is 12.5 Å². The van der Waals surface area contributed by atoms with E-state index in [0.717, 1.165) is 25.0 Å². The second kappa shape index (κ2) is 6.06. The molecule has 0 amide bonds. The molecule has 2 heterocycles. The average Bonchev–Trinajstić information content (AvgIpc) is 3.19. The first-order valence-electron chi connectivity index (χ1n) is 7.80. The maximum atomic E-state index is 4.34. The zero-order valence-corrected chi connectivity index (χ0v) is 12.0. The van der Waals surface area contributed by atoms with Gasteiger partial charge in [0.25, 0.3) is 0 Å². The lowest BCUT2D eigenvalue weighted by Gasteiger charge is -2.29. The zero-order valence-electron chi connectivity index (χ0n) is 12.0. The standard InChI is InChI=1S/C15H26N4/c1-2-18(10-13-4-3-7-16-8-13)11-15-9-17-12-19(15)14-5-6-14/h9,12-14,16H,2-8,10-11H2,1H3. The summed E-state index contributed by atoms with van der Waals surface area (Å²) in [6.45, 7) is 8.08. The van der Waals surface area contributed by atoms with Crippen molar-refractivity contribution in [2.45, 2.75) is 45.2 Å². The lowest BCUT2D eigenvalue weighted by molar-refractivity contribution is 0.205. The summed E-state index contributed by atoms with van der Waals surface area (Å²) in [7, 11) is 0. The van der Waals surface area contributed by atoms with Crippen LogP contribution < -0.4 is 5.32 Å². The largest absolute Gasteiger partial charge is 0.330 e. The quantitative estimate of drug-likeness (QED) is 0.851. The number of nitrogens with one attached hydrogen (secondary N) is 1. The Bertz CT molecular complexity index is 391. The minimum absolute atomic E-state index is 0.743. The molecule has 1 atom stereocenters. The minimum Gasteiger partial charge on any atom is -0.330 e. The Hall–Kier alpha value is -0.870. The van der Waals surface area contributed by atoms with Gasteiger partial charge in [0.15, 0.2) is 0 Å². The third-order valence-electron chi connectivity index (χ3n) is 4.43. The summed E-state index contributed by atoms with van der Waals surface area (Å²) in [5.41, 5.74) is 1.40. The molecule has 0 spiro atoms. The van der Waals surface area contributed by atoms with Crippen molar-refractivity contribution in [3.63, 3.8) is 0 Å². The van der Waals surface area contributed by atoms with E-state index >= 15 is 0 Å². The number of aromatic nitrogens is 2. The van der Waals surface area contributed by atoms with Crippen LogP contribution >= 0.6 is 0 Å². The number of piperidine rings is 1. The van der Waals surface area contributed by atoms with Crippen molar-refractivity contribution < 1.29 is 0 Å². The molecule has 0 bridgehead atoms. The lowest BCUT2D eigenvalue weighted by Crippen LogP contribution is -2.38. The third-order valence-corrected chi connectivity index (χ3v) is 4.43. The molecule has 3 rings (SSSR count). The van der Waals surface area contributed by atoms with E-state index in [0.29, 0.717) is 0 Å². The van der Waals surface area contributed by atoms with Gasteiger partial charge in [0.1, 0.15) is 0 Å². The van der Waals surface area contributed by atoms with Crippen LogP contribution in [0.3, 0.4) is 0 Å². The molecule has 2 fully saturated rings. The fraction of sp³-hybridized carbons (Fsp3) is 0.800. The fourth-order valence-electron chi connectivity index (χ4n) is 3.12. The summed E-state index contributed by atoms with van der Waals surface area (Å²) >= 11 is 0. The maximum Gasteiger partial charge on any atom is 0.0951 e. The van der Waals surface area contributed by atoms with E-state index < -0.39 is 0 Å². The van der Waals surface area contributed by atoms with Crippen molar-refractivity contribution in [2.24, 2.45) is 5.92 Å². The van der Waals surface area contributed by atoms with Crippen LogP contribution in [0, 0.1) is 5.92 Å². The summed E-state index contributed by atoms with van der Waals surface area (Å²) in [6.07, 6.45) is 9.46. The first-order valence-corrected chi connectivity index (χ1v) is 7.80. The number of rotatable bonds is 6. The van der Waals surface area contributed by atoms with Crippen LogP contribution in [-0.2, 0) is 6.54 Å². The van der Waals surface area contributed by atoms with Crippen molar-refractivity contribution in [3.05, 3.63) is 18.2 Å². The van der Waals surface area contributed by atoms with E-state index in [1.54, 1.807) is 0 Å². The van der Waals surface area contributed by atoms with Gasteiger partial charge in [-0.2, -0.15) is 0 Å². The predicted molar refractivity (Wildman–Crippen MR) is 77.0 cm³/mol. The van der Waals surface area contributed by atoms with Gasteiger partial charge >= 0.3 is 0 Å². The van der Waals surface area contributed by atoms with E-state index in [4.69, 9.17) is 0 Å². The lowest BCUT2D eigenvalue weighted by atomic mass is 9.99. The Labute approximate surface area is 116 Å². The fourth-order valence-corrected chi connectivity index (χ4v) is 3.12. The van der Waals surface area contributed by atoms with Gasteiger partial charge in [-0.3, -0.25) is 4.90 Å². The Morgan fingerprint density at radius 3 is 3.00 bits per heavy atom. The molecule has 1 saturated carbocycles. The molecule has 4 heteroatoms. The maximum absolute atomic E-state index is 4.34. The molecule has 1 aromatic heterocycles. The van der Waals surface area contributed by atoms with Gasteiger partial charge in [-0.1, -0.05) is 6.92 Å². The van der Waals surface area contributed by atoms with Crippen molar-refractivity contribution in [1.29, 1.82) is 0 Å². The highest BCUT2D eigenvalue weighted by Crippen LogP contribution is 2.35. The minimum atomic E-state index is 0.743. The third kappa shape index (κ3) is 3.37. The number of imidazole rings is 1. The van der Waals surface area contributed by atoms with Crippen molar-refractivity contribution in [2.75, 3.05) is 26.2 Å². The highest BCUT2D eigenvalue weighted by Gasteiger charge is 2.26. The molecule has 19 heavy (non-hydrogen) atoms. The van der Waals surface area contributed by atoms with E-state index in [1.165, 1.54) is 51.0 Å². The monoisotopic (exact) mass is 262 g/mol. The van der Waals surface area contributed by atoms with E-state index in [1.807, 2.05) is 6.33 Å². The smallest absolute Gasteiger partial charge is 0.0951 e. The molecule has 1 saturated heterocycles. The molecule has 4 nitrogen and oxygen atoms in total. The molecule has 1 unspecified atom stereocenters. The SMILES string of the molecule is CCN(Cc1cncn1C1CC1)CC1CCCNC1. The Kier molecular flexibility index (Phi) is 4.18. The second-order valence-corrected chi connectivity index (χ2v) is 6.06. The summed E-state index contributed by atoms with van der Waals surface area (Å²) in [6, 6.07) is 0.743. The summed E-state index contributed by atoms with van der Waals surface area (Å²) in [5, 5.41) is 3.52. The second-order valence-electron chi connectivity index (χ2n) is 6.06. The van der Waals surface area contributed by atoms with E-state index in [2.05, 4.69) is 32.9 Å². The van der Waals surface area contributed by atoms with Crippen LogP contribution in [0.5, 0.6) is 0 Å². The Balaban J connectivity index is 1.57. The van der Waals surface area contributed by atoms with Gasteiger partial charge in [-0.15, -0.1) is 0 Å². The van der Waals surface area contributed by atoms with Gasteiger partial charge in [-0.05, 0) is 51.2 Å². The van der Waals surface area contributed by atoms with Crippen LogP contribution in [0.2, 0.25) is 0 Å². The number of nitrogens with zero attached hydrogens (tertiary/aromatic N) is 3. The molecule has 1 aliphatic carbocycles. The van der Waals surface area contributed by atoms with Crippen LogP contribution in [0.1, 0.15) is 44.3 Å². The van der Waals surface area contributed by atoms with E-state index in [-0.39, 0.29) is 0 Å². The molecule has 2 aliphatic rings. The molecule has 1 N–H and O–H groups in total. The molecule has 0 aromatic carbocycles. The molecular formula is C15H26N4. The average molecular weight is 262 g/mol. The number of hydrogen-bond donors (Lipinski definition) is 1. The van der Waals surface area contributed by atoms with E-state index in [9.17, 15) is 0 Å². The topological polar surface area (TPSA) is 33.1 Å². The predicted octanol–water partition coefficient (Wildman–Crippen LogP) is 2.04. The normalized spacial score (nSPS) is 24.0. The Morgan fingerprint density at radius 1 is 1.42 bits per heavy atom. The molecule has 0 radical (unpaired) electrons. The van der Waals surface area contributed by atoms with Crippen molar-refractivity contribution in [1.82, 2.24) is 19.8 Å². The first kappa shape index (κ1) is 13.1. The van der Waals surface area contributed by atoms with Gasteiger partial charge in [0.05, 0.1) is 12.0 Å². The highest BCUT2D eigenvalue weighted by molar-refractivity contribution is 5.03. The molecule has 106 valence electrons.